The van der Waals surface area contributed by atoms with Crippen LogP contribution in [0.4, 0.5) is 5.95 Å². The molecule has 1 atom stereocenters. The molecule has 2 rings (SSSR count). The lowest BCUT2D eigenvalue weighted by atomic mass is 10.4. The predicted octanol–water partition coefficient (Wildman–Crippen LogP) is -1.30. The summed E-state index contributed by atoms with van der Waals surface area (Å²) in [4.78, 5) is 26.4. The van der Waals surface area contributed by atoms with Crippen molar-refractivity contribution in [3.05, 3.63) is 16.7 Å². The molecule has 9 heteroatoms. The Morgan fingerprint density at radius 2 is 2.24 bits per heavy atom. The van der Waals surface area contributed by atoms with Crippen LogP contribution in [0.1, 0.15) is 0 Å². The minimum atomic E-state index is -0.943. The zero-order valence-electron chi connectivity index (χ0n) is 12.1. The van der Waals surface area contributed by atoms with Crippen molar-refractivity contribution in [2.24, 2.45) is 12.0 Å². The second kappa shape index (κ2) is 6.02. The highest BCUT2D eigenvalue weighted by molar-refractivity contribution is 5.71. The van der Waals surface area contributed by atoms with Crippen LogP contribution in [0, 0.1) is 0 Å². The Balaban J connectivity index is 2.55. The number of rotatable bonds is 5. The van der Waals surface area contributed by atoms with Gasteiger partial charge in [0.05, 0.1) is 31.9 Å². The molecule has 2 N–H and O–H groups in total. The summed E-state index contributed by atoms with van der Waals surface area (Å²) in [7, 11) is 5.18. The Morgan fingerprint density at radius 1 is 1.52 bits per heavy atom. The average molecular weight is 294 g/mol. The third kappa shape index (κ3) is 3.09. The minimum absolute atomic E-state index is 0.101. The van der Waals surface area contributed by atoms with E-state index in [-0.39, 0.29) is 30.2 Å². The first-order valence-electron chi connectivity index (χ1n) is 6.35. The highest BCUT2D eigenvalue weighted by Gasteiger charge is 2.14. The van der Waals surface area contributed by atoms with Gasteiger partial charge in [0.2, 0.25) is 5.95 Å². The Labute approximate surface area is 120 Å². The van der Waals surface area contributed by atoms with E-state index in [2.05, 4.69) is 15.0 Å². The highest BCUT2D eigenvalue weighted by atomic mass is 16.3. The second-order valence-corrected chi connectivity index (χ2v) is 4.89. The molecule has 0 amide bonds. The lowest BCUT2D eigenvalue weighted by Gasteiger charge is -2.09. The summed E-state index contributed by atoms with van der Waals surface area (Å²) in [6.45, 7) is -0.278. The molecule has 0 spiro atoms. The van der Waals surface area contributed by atoms with Gasteiger partial charge in [-0.15, -0.1) is 0 Å². The topological polar surface area (TPSA) is 109 Å². The van der Waals surface area contributed by atoms with Crippen molar-refractivity contribution in [1.29, 1.82) is 0 Å². The fraction of sp³-hybridized carbons (Fsp3) is 0.500. The van der Waals surface area contributed by atoms with Gasteiger partial charge in [0, 0.05) is 21.1 Å². The van der Waals surface area contributed by atoms with Gasteiger partial charge in [0.1, 0.15) is 0 Å². The number of aromatic nitrogens is 4. The number of nitrogens with zero attached hydrogens (tertiary/aromatic N) is 6. The normalized spacial score (nSPS) is 13.2. The van der Waals surface area contributed by atoms with Gasteiger partial charge in [-0.1, -0.05) is 0 Å². The zero-order chi connectivity index (χ0) is 15.6. The molecular weight excluding hydrogens is 276 g/mol. The molecule has 0 unspecified atom stereocenters. The fourth-order valence-corrected chi connectivity index (χ4v) is 1.76. The highest BCUT2D eigenvalue weighted by Crippen LogP contribution is 2.12. The van der Waals surface area contributed by atoms with E-state index in [1.807, 2.05) is 14.1 Å². The molecule has 0 saturated heterocycles. The van der Waals surface area contributed by atoms with E-state index in [1.54, 1.807) is 11.9 Å². The summed E-state index contributed by atoms with van der Waals surface area (Å²) in [6.07, 6.45) is 2.01. The molecule has 2 aromatic rings. The molecule has 0 radical (unpaired) electrons. The van der Waals surface area contributed by atoms with Crippen LogP contribution in [0.5, 0.6) is 0 Å². The van der Waals surface area contributed by atoms with Crippen LogP contribution in [0.2, 0.25) is 0 Å². The Bertz CT molecular complexity index is 718. The van der Waals surface area contributed by atoms with E-state index >= 15 is 0 Å². The first-order chi connectivity index (χ1) is 9.93. The van der Waals surface area contributed by atoms with Crippen LogP contribution in [0.3, 0.4) is 0 Å². The van der Waals surface area contributed by atoms with Crippen molar-refractivity contribution in [1.82, 2.24) is 24.0 Å². The van der Waals surface area contributed by atoms with Crippen molar-refractivity contribution in [3.8, 4) is 0 Å². The smallest absolute Gasteiger partial charge is 0.282 e. The van der Waals surface area contributed by atoms with Crippen molar-refractivity contribution < 1.29 is 10.2 Å². The van der Waals surface area contributed by atoms with E-state index in [0.717, 1.165) is 0 Å². The number of aliphatic hydroxyl groups excluding tert-OH is 2. The Kier molecular flexibility index (Phi) is 4.34. The van der Waals surface area contributed by atoms with Crippen LogP contribution < -0.4 is 5.56 Å². The van der Waals surface area contributed by atoms with Crippen LogP contribution in [0.15, 0.2) is 16.1 Å². The summed E-state index contributed by atoms with van der Waals surface area (Å²) in [6, 6.07) is 0. The molecule has 0 fully saturated rings. The molecule has 0 aliphatic heterocycles. The van der Waals surface area contributed by atoms with Gasteiger partial charge < -0.3 is 19.7 Å². The van der Waals surface area contributed by atoms with Crippen molar-refractivity contribution in [3.63, 3.8) is 0 Å². The summed E-state index contributed by atoms with van der Waals surface area (Å²) in [5, 5.41) is 18.4. The number of hydrogen-bond acceptors (Lipinski definition) is 6. The van der Waals surface area contributed by atoms with Crippen LogP contribution in [0.25, 0.3) is 11.2 Å². The van der Waals surface area contributed by atoms with Crippen molar-refractivity contribution in [2.45, 2.75) is 12.6 Å². The van der Waals surface area contributed by atoms with E-state index in [0.29, 0.717) is 5.65 Å². The first kappa shape index (κ1) is 15.1. The monoisotopic (exact) mass is 294 g/mol. The number of fused-ring (bicyclic) bond motifs is 1. The minimum Gasteiger partial charge on any atom is -0.394 e. The lowest BCUT2D eigenvalue weighted by Crippen LogP contribution is -2.22. The summed E-state index contributed by atoms with van der Waals surface area (Å²) in [5.41, 5.74) is 0.214. The number of hydrogen-bond donors (Lipinski definition) is 2. The Hall–Kier alpha value is -2.26. The van der Waals surface area contributed by atoms with Crippen LogP contribution in [-0.2, 0) is 13.6 Å². The molecule has 114 valence electrons. The van der Waals surface area contributed by atoms with Gasteiger partial charge in [0.15, 0.2) is 11.2 Å². The zero-order valence-corrected chi connectivity index (χ0v) is 12.1. The standard InChI is InChI=1S/C12H18N6O3/c1-16(2)6-14-12-15-10-9(11(21)17(12)3)13-7-18(10)4-8(20)5-19/h6-8,19-20H,4-5H2,1-3H3/b14-6+/t8-/m0/s1. The van der Waals surface area contributed by atoms with Gasteiger partial charge >= 0.3 is 0 Å². The molecule has 0 bridgehead atoms. The predicted molar refractivity (Wildman–Crippen MR) is 77.7 cm³/mol. The van der Waals surface area contributed by atoms with E-state index in [9.17, 15) is 9.90 Å². The molecule has 0 aliphatic carbocycles. The van der Waals surface area contributed by atoms with E-state index < -0.39 is 6.10 Å². The largest absolute Gasteiger partial charge is 0.394 e. The molecule has 9 nitrogen and oxygen atoms in total. The van der Waals surface area contributed by atoms with Crippen LogP contribution >= 0.6 is 0 Å². The summed E-state index contributed by atoms with van der Waals surface area (Å²) in [5.74, 6) is 0.237. The molecule has 21 heavy (non-hydrogen) atoms. The van der Waals surface area contributed by atoms with E-state index in [4.69, 9.17) is 5.11 Å². The number of aliphatic imine (C=N–C) groups is 1. The maximum atomic E-state index is 12.2. The van der Waals surface area contributed by atoms with Crippen LogP contribution in [-0.4, -0.2) is 67.4 Å². The summed E-state index contributed by atoms with van der Waals surface area (Å²) < 4.78 is 2.83. The fourth-order valence-electron chi connectivity index (χ4n) is 1.76. The van der Waals surface area contributed by atoms with Crippen molar-refractivity contribution >= 4 is 23.5 Å². The first-order valence-corrected chi connectivity index (χ1v) is 6.35. The maximum Gasteiger partial charge on any atom is 0.282 e. The average Bonchev–Trinajstić information content (AvgIpc) is 2.84. The molecular formula is C12H18N6O3. The lowest BCUT2D eigenvalue weighted by molar-refractivity contribution is 0.0820. The van der Waals surface area contributed by atoms with Gasteiger partial charge in [-0.3, -0.25) is 9.36 Å². The number of aliphatic hydroxyl groups is 2. The molecule has 0 aliphatic rings. The molecule has 2 heterocycles. The third-order valence-electron chi connectivity index (χ3n) is 2.85. The second-order valence-electron chi connectivity index (χ2n) is 4.89. The van der Waals surface area contributed by atoms with Crippen molar-refractivity contribution in [2.75, 3.05) is 20.7 Å². The number of imidazole rings is 1. The van der Waals surface area contributed by atoms with Gasteiger partial charge in [-0.2, -0.15) is 4.98 Å². The molecule has 0 saturated carbocycles. The van der Waals surface area contributed by atoms with Gasteiger partial charge in [-0.05, 0) is 0 Å². The Morgan fingerprint density at radius 3 is 2.86 bits per heavy atom. The quantitative estimate of drug-likeness (QED) is 0.524. The molecule has 0 aromatic carbocycles. The third-order valence-corrected chi connectivity index (χ3v) is 2.85. The molecule has 2 aromatic heterocycles. The maximum absolute atomic E-state index is 12.2. The van der Waals surface area contributed by atoms with E-state index in [1.165, 1.54) is 21.8 Å². The summed E-state index contributed by atoms with van der Waals surface area (Å²) >= 11 is 0. The van der Waals surface area contributed by atoms with Gasteiger partial charge in [-0.25, -0.2) is 9.98 Å². The van der Waals surface area contributed by atoms with Gasteiger partial charge in [0.25, 0.3) is 5.56 Å². The SMILES string of the molecule is CN(C)/C=N/c1nc2c(ncn2C[C@H](O)CO)c(=O)n1C.